The molecule has 0 bridgehead atoms. The standard InChI is InChI=1S/C26H27N3O2S/c1-2-3-4-10-15-29-25(31)22(24(30)27-26(29)32)16-20-18-28(17-19-11-6-5-7-12-19)23-14-9-8-13-21(20)23/h5-9,11-14,16,18H,2-4,10,15,17H2,1H3,(H,27,30,32)/b22-16-. The van der Waals surface area contributed by atoms with E-state index >= 15 is 0 Å². The highest BCUT2D eigenvalue weighted by Gasteiger charge is 2.33. The number of carbonyl (C=O) groups is 2. The minimum Gasteiger partial charge on any atom is -0.342 e. The number of aromatic nitrogens is 1. The van der Waals surface area contributed by atoms with Gasteiger partial charge in [-0.05, 0) is 36.3 Å². The molecule has 1 aliphatic rings. The topological polar surface area (TPSA) is 54.3 Å². The predicted octanol–water partition coefficient (Wildman–Crippen LogP) is 4.90. The summed E-state index contributed by atoms with van der Waals surface area (Å²) < 4.78 is 2.15. The lowest BCUT2D eigenvalue weighted by molar-refractivity contribution is -0.128. The summed E-state index contributed by atoms with van der Waals surface area (Å²) in [6, 6.07) is 18.2. The molecular weight excluding hydrogens is 418 g/mol. The summed E-state index contributed by atoms with van der Waals surface area (Å²) in [6.45, 7) is 3.37. The summed E-state index contributed by atoms with van der Waals surface area (Å²) in [5.74, 6) is -0.764. The molecule has 1 N–H and O–H groups in total. The second-order valence-corrected chi connectivity index (χ2v) is 8.44. The Morgan fingerprint density at radius 2 is 1.72 bits per heavy atom. The van der Waals surface area contributed by atoms with E-state index in [0.717, 1.165) is 42.1 Å². The first kappa shape index (κ1) is 22.0. The second-order valence-electron chi connectivity index (χ2n) is 8.05. The lowest BCUT2D eigenvalue weighted by atomic mass is 10.1. The zero-order valence-electron chi connectivity index (χ0n) is 18.2. The van der Waals surface area contributed by atoms with Crippen molar-refractivity contribution >= 4 is 46.1 Å². The van der Waals surface area contributed by atoms with Crippen molar-refractivity contribution in [2.75, 3.05) is 6.54 Å². The van der Waals surface area contributed by atoms with Gasteiger partial charge in [-0.3, -0.25) is 19.8 Å². The Kier molecular flexibility index (Phi) is 6.81. The van der Waals surface area contributed by atoms with Crippen LogP contribution in [-0.4, -0.2) is 32.9 Å². The average molecular weight is 446 g/mol. The third kappa shape index (κ3) is 4.65. The Balaban J connectivity index is 1.66. The number of unbranched alkanes of at least 4 members (excludes halogenated alkanes) is 3. The smallest absolute Gasteiger partial charge is 0.265 e. The molecule has 2 aromatic carbocycles. The normalized spacial score (nSPS) is 15.6. The van der Waals surface area contributed by atoms with Crippen LogP contribution in [0.25, 0.3) is 17.0 Å². The first-order chi connectivity index (χ1) is 15.6. The highest BCUT2D eigenvalue weighted by molar-refractivity contribution is 7.80. The van der Waals surface area contributed by atoms with Crippen molar-refractivity contribution in [2.45, 2.75) is 39.2 Å². The summed E-state index contributed by atoms with van der Waals surface area (Å²) in [5, 5.41) is 3.88. The molecule has 4 rings (SSSR count). The van der Waals surface area contributed by atoms with E-state index in [1.54, 1.807) is 6.08 Å². The number of hydrogen-bond donors (Lipinski definition) is 1. The maximum Gasteiger partial charge on any atom is 0.265 e. The number of thiocarbonyl (C=S) groups is 1. The Morgan fingerprint density at radius 3 is 2.50 bits per heavy atom. The number of para-hydroxylation sites is 1. The van der Waals surface area contributed by atoms with E-state index in [-0.39, 0.29) is 16.6 Å². The molecule has 32 heavy (non-hydrogen) atoms. The van der Waals surface area contributed by atoms with Gasteiger partial charge in [0.25, 0.3) is 11.8 Å². The van der Waals surface area contributed by atoms with Gasteiger partial charge in [-0.15, -0.1) is 0 Å². The molecule has 2 heterocycles. The van der Waals surface area contributed by atoms with Crippen molar-refractivity contribution in [3.8, 4) is 0 Å². The first-order valence-electron chi connectivity index (χ1n) is 11.1. The molecule has 1 fully saturated rings. The largest absolute Gasteiger partial charge is 0.342 e. The van der Waals surface area contributed by atoms with Crippen LogP contribution in [-0.2, 0) is 16.1 Å². The molecule has 5 nitrogen and oxygen atoms in total. The van der Waals surface area contributed by atoms with Crippen LogP contribution in [0, 0.1) is 0 Å². The van der Waals surface area contributed by atoms with Gasteiger partial charge < -0.3 is 4.57 Å². The molecule has 0 aliphatic carbocycles. The highest BCUT2D eigenvalue weighted by Crippen LogP contribution is 2.26. The SMILES string of the molecule is CCCCCCN1C(=O)/C(=C\c2cn(Cc3ccccc3)c3ccccc23)C(=O)NC1=S. The van der Waals surface area contributed by atoms with Crippen LogP contribution in [0.4, 0.5) is 0 Å². The summed E-state index contributed by atoms with van der Waals surface area (Å²) >= 11 is 5.27. The Labute approximate surface area is 193 Å². The van der Waals surface area contributed by atoms with Crippen LogP contribution in [0.1, 0.15) is 43.7 Å². The number of nitrogens with one attached hydrogen (secondary N) is 1. The molecule has 6 heteroatoms. The van der Waals surface area contributed by atoms with E-state index in [2.05, 4.69) is 35.0 Å². The zero-order chi connectivity index (χ0) is 22.5. The average Bonchev–Trinajstić information content (AvgIpc) is 3.14. The monoisotopic (exact) mass is 445 g/mol. The molecule has 0 saturated carbocycles. The van der Waals surface area contributed by atoms with Crippen LogP contribution >= 0.6 is 12.2 Å². The molecule has 3 aromatic rings. The van der Waals surface area contributed by atoms with Gasteiger partial charge in [0.2, 0.25) is 0 Å². The van der Waals surface area contributed by atoms with E-state index in [0.29, 0.717) is 13.1 Å². The highest BCUT2D eigenvalue weighted by atomic mass is 32.1. The molecular formula is C26H27N3O2S. The molecule has 1 aromatic heterocycles. The van der Waals surface area contributed by atoms with Crippen molar-refractivity contribution in [1.82, 2.24) is 14.8 Å². The van der Waals surface area contributed by atoms with Crippen LogP contribution < -0.4 is 5.32 Å². The molecule has 0 radical (unpaired) electrons. The molecule has 0 unspecified atom stereocenters. The maximum absolute atomic E-state index is 13.2. The van der Waals surface area contributed by atoms with Gasteiger partial charge >= 0.3 is 0 Å². The minimum atomic E-state index is -0.440. The van der Waals surface area contributed by atoms with Gasteiger partial charge in [-0.2, -0.15) is 0 Å². The lowest BCUT2D eigenvalue weighted by Gasteiger charge is -2.28. The van der Waals surface area contributed by atoms with Crippen molar-refractivity contribution in [3.05, 3.63) is 77.5 Å². The van der Waals surface area contributed by atoms with Crippen molar-refractivity contribution in [1.29, 1.82) is 0 Å². The number of rotatable bonds is 8. The maximum atomic E-state index is 13.2. The molecule has 164 valence electrons. The predicted molar refractivity (Wildman–Crippen MR) is 132 cm³/mol. The summed E-state index contributed by atoms with van der Waals surface area (Å²) in [4.78, 5) is 27.3. The van der Waals surface area contributed by atoms with E-state index < -0.39 is 5.91 Å². The fourth-order valence-corrected chi connectivity index (χ4v) is 4.32. The van der Waals surface area contributed by atoms with E-state index in [1.807, 2.05) is 42.6 Å². The number of benzene rings is 2. The minimum absolute atomic E-state index is 0.122. The van der Waals surface area contributed by atoms with Crippen molar-refractivity contribution < 1.29 is 9.59 Å². The molecule has 1 saturated heterocycles. The Hall–Kier alpha value is -3.25. The molecule has 2 amide bonds. The fraction of sp³-hybridized carbons (Fsp3) is 0.269. The molecule has 1 aliphatic heterocycles. The van der Waals surface area contributed by atoms with Crippen LogP contribution in [0.5, 0.6) is 0 Å². The van der Waals surface area contributed by atoms with Crippen LogP contribution in [0.2, 0.25) is 0 Å². The fourth-order valence-electron chi connectivity index (χ4n) is 4.05. The van der Waals surface area contributed by atoms with Crippen molar-refractivity contribution in [2.24, 2.45) is 0 Å². The van der Waals surface area contributed by atoms with Gasteiger partial charge in [-0.1, -0.05) is 74.7 Å². The Bertz CT molecular complexity index is 1180. The number of amides is 2. The summed E-state index contributed by atoms with van der Waals surface area (Å²) in [6.07, 6.45) is 7.83. The number of fused-ring (bicyclic) bond motifs is 1. The quantitative estimate of drug-likeness (QED) is 0.232. The number of carbonyl (C=O) groups excluding carboxylic acids is 2. The van der Waals surface area contributed by atoms with E-state index in [4.69, 9.17) is 12.2 Å². The van der Waals surface area contributed by atoms with Gasteiger partial charge in [0.1, 0.15) is 5.57 Å². The van der Waals surface area contributed by atoms with Crippen LogP contribution in [0.15, 0.2) is 66.4 Å². The van der Waals surface area contributed by atoms with E-state index in [1.165, 1.54) is 10.5 Å². The number of hydrogen-bond acceptors (Lipinski definition) is 3. The third-order valence-corrected chi connectivity index (χ3v) is 6.06. The van der Waals surface area contributed by atoms with Gasteiger partial charge in [0.05, 0.1) is 0 Å². The molecule has 0 spiro atoms. The first-order valence-corrected chi connectivity index (χ1v) is 11.5. The zero-order valence-corrected chi connectivity index (χ0v) is 19.0. The van der Waals surface area contributed by atoms with E-state index in [9.17, 15) is 9.59 Å². The van der Waals surface area contributed by atoms with Gasteiger partial charge in [0, 0.05) is 35.8 Å². The third-order valence-electron chi connectivity index (χ3n) is 5.74. The molecule has 0 atom stereocenters. The van der Waals surface area contributed by atoms with Gasteiger partial charge in [-0.25, -0.2) is 0 Å². The second kappa shape index (κ2) is 9.92. The lowest BCUT2D eigenvalue weighted by Crippen LogP contribution is -2.54. The van der Waals surface area contributed by atoms with Gasteiger partial charge in [0.15, 0.2) is 5.11 Å². The summed E-state index contributed by atoms with van der Waals surface area (Å²) in [5.41, 5.74) is 3.20. The van der Waals surface area contributed by atoms with Crippen LogP contribution in [0.3, 0.4) is 0 Å². The van der Waals surface area contributed by atoms with Crippen molar-refractivity contribution in [3.63, 3.8) is 0 Å². The summed E-state index contributed by atoms with van der Waals surface area (Å²) in [7, 11) is 0. The Morgan fingerprint density at radius 1 is 0.969 bits per heavy atom. The number of nitrogens with zero attached hydrogens (tertiary/aromatic N) is 2.